The SMILES string of the molecule is OC(Nc1cnn2ccc(-c3ccccc3OC(F)(F)F)nc12)c1nc2c(s1)CCCC2. The first kappa shape index (κ1) is 20.7. The first-order valence-corrected chi connectivity index (χ1v) is 10.8. The van der Waals surface area contributed by atoms with Crippen LogP contribution in [0.15, 0.2) is 42.7 Å². The van der Waals surface area contributed by atoms with Gasteiger partial charge in [0.25, 0.3) is 0 Å². The van der Waals surface area contributed by atoms with Crippen LogP contribution in [0.5, 0.6) is 5.75 Å². The lowest BCUT2D eigenvalue weighted by Crippen LogP contribution is -2.17. The van der Waals surface area contributed by atoms with E-state index >= 15 is 0 Å². The normalized spacial score (nSPS) is 14.9. The summed E-state index contributed by atoms with van der Waals surface area (Å²) in [5.41, 5.74) is 2.29. The van der Waals surface area contributed by atoms with E-state index in [1.165, 1.54) is 45.1 Å². The highest BCUT2D eigenvalue weighted by Gasteiger charge is 2.32. The van der Waals surface area contributed by atoms with Crippen molar-refractivity contribution in [2.75, 3.05) is 5.32 Å². The van der Waals surface area contributed by atoms with Crippen LogP contribution in [-0.2, 0) is 12.8 Å². The zero-order valence-electron chi connectivity index (χ0n) is 16.6. The third kappa shape index (κ3) is 4.13. The molecule has 4 aromatic rings. The fourth-order valence-electron chi connectivity index (χ4n) is 3.71. The van der Waals surface area contributed by atoms with Gasteiger partial charge in [0.05, 0.1) is 17.6 Å². The lowest BCUT2D eigenvalue weighted by molar-refractivity contribution is -0.274. The van der Waals surface area contributed by atoms with Gasteiger partial charge in [0.15, 0.2) is 11.9 Å². The Bertz CT molecular complexity index is 1250. The minimum atomic E-state index is -4.82. The second-order valence-corrected chi connectivity index (χ2v) is 8.47. The van der Waals surface area contributed by atoms with E-state index in [0.717, 1.165) is 31.4 Å². The molecule has 7 nitrogen and oxygen atoms in total. The van der Waals surface area contributed by atoms with E-state index in [0.29, 0.717) is 16.3 Å². The van der Waals surface area contributed by atoms with Gasteiger partial charge in [0.1, 0.15) is 16.4 Å². The van der Waals surface area contributed by atoms with Crippen LogP contribution in [0.3, 0.4) is 0 Å². The Hall–Kier alpha value is -3.18. The number of para-hydroxylation sites is 1. The van der Waals surface area contributed by atoms with Crippen LogP contribution < -0.4 is 10.1 Å². The molecule has 1 atom stereocenters. The number of benzene rings is 1. The summed E-state index contributed by atoms with van der Waals surface area (Å²) in [6.07, 6.45) is 1.33. The van der Waals surface area contributed by atoms with Gasteiger partial charge in [-0.25, -0.2) is 14.5 Å². The molecule has 1 aromatic carbocycles. The number of hydrogen-bond acceptors (Lipinski definition) is 7. The van der Waals surface area contributed by atoms with Crippen LogP contribution in [0.4, 0.5) is 18.9 Å². The molecule has 0 spiro atoms. The highest BCUT2D eigenvalue weighted by atomic mass is 32.1. The highest BCUT2D eigenvalue weighted by Crippen LogP contribution is 2.34. The molecule has 0 radical (unpaired) electrons. The number of nitrogens with zero attached hydrogens (tertiary/aromatic N) is 4. The second kappa shape index (κ2) is 8.06. The van der Waals surface area contributed by atoms with E-state index in [9.17, 15) is 18.3 Å². The largest absolute Gasteiger partial charge is 0.573 e. The number of anilines is 1. The predicted molar refractivity (Wildman–Crippen MR) is 112 cm³/mol. The third-order valence-electron chi connectivity index (χ3n) is 5.15. The molecule has 166 valence electrons. The molecule has 2 N–H and O–H groups in total. The quantitative estimate of drug-likeness (QED) is 0.418. The van der Waals surface area contributed by atoms with Crippen molar-refractivity contribution in [1.82, 2.24) is 19.6 Å². The number of aromatic nitrogens is 4. The van der Waals surface area contributed by atoms with E-state index in [1.807, 2.05) is 0 Å². The van der Waals surface area contributed by atoms with Gasteiger partial charge in [0.2, 0.25) is 0 Å². The molecule has 0 saturated carbocycles. The van der Waals surface area contributed by atoms with Crippen molar-refractivity contribution < 1.29 is 23.0 Å². The van der Waals surface area contributed by atoms with Gasteiger partial charge in [-0.05, 0) is 43.9 Å². The van der Waals surface area contributed by atoms with Crippen molar-refractivity contribution in [2.24, 2.45) is 0 Å². The number of nitrogens with one attached hydrogen (secondary N) is 1. The molecular formula is C21H18F3N5O2S. The summed E-state index contributed by atoms with van der Waals surface area (Å²) in [4.78, 5) is 10.2. The zero-order chi connectivity index (χ0) is 22.3. The maximum Gasteiger partial charge on any atom is 0.573 e. The van der Waals surface area contributed by atoms with Crippen LogP contribution in [0.2, 0.25) is 0 Å². The molecule has 1 unspecified atom stereocenters. The van der Waals surface area contributed by atoms with Gasteiger partial charge in [-0.15, -0.1) is 24.5 Å². The average Bonchev–Trinajstić information content (AvgIpc) is 3.37. The Kier molecular flexibility index (Phi) is 5.22. The molecular weight excluding hydrogens is 443 g/mol. The lowest BCUT2D eigenvalue weighted by Gasteiger charge is -2.13. The predicted octanol–water partition coefficient (Wildman–Crippen LogP) is 4.73. The Morgan fingerprint density at radius 1 is 1.12 bits per heavy atom. The number of fused-ring (bicyclic) bond motifs is 2. The van der Waals surface area contributed by atoms with Crippen molar-refractivity contribution in [3.8, 4) is 17.0 Å². The molecule has 0 fully saturated rings. The molecule has 3 heterocycles. The fourth-order valence-corrected chi connectivity index (χ4v) is 4.80. The monoisotopic (exact) mass is 461 g/mol. The molecule has 5 rings (SSSR count). The van der Waals surface area contributed by atoms with Gasteiger partial charge in [-0.2, -0.15) is 5.10 Å². The highest BCUT2D eigenvalue weighted by molar-refractivity contribution is 7.11. The van der Waals surface area contributed by atoms with E-state index in [4.69, 9.17) is 0 Å². The summed E-state index contributed by atoms with van der Waals surface area (Å²) in [6, 6.07) is 7.34. The fraction of sp³-hybridized carbons (Fsp3) is 0.286. The summed E-state index contributed by atoms with van der Waals surface area (Å²) in [5.74, 6) is -0.348. The van der Waals surface area contributed by atoms with Crippen LogP contribution in [0, 0.1) is 0 Å². The molecule has 0 saturated heterocycles. The van der Waals surface area contributed by atoms with Crippen molar-refractivity contribution in [2.45, 2.75) is 38.3 Å². The number of hydrogen-bond donors (Lipinski definition) is 2. The summed E-state index contributed by atoms with van der Waals surface area (Å²) < 4.78 is 44.0. The summed E-state index contributed by atoms with van der Waals surface area (Å²) >= 11 is 1.48. The van der Waals surface area contributed by atoms with Gasteiger partial charge in [-0.1, -0.05) is 12.1 Å². The van der Waals surface area contributed by atoms with Crippen LogP contribution >= 0.6 is 11.3 Å². The summed E-state index contributed by atoms with van der Waals surface area (Å²) in [7, 11) is 0. The summed E-state index contributed by atoms with van der Waals surface area (Å²) in [6.45, 7) is 0. The summed E-state index contributed by atoms with van der Waals surface area (Å²) in [5, 5.41) is 18.4. The van der Waals surface area contributed by atoms with Crippen LogP contribution in [0.25, 0.3) is 16.9 Å². The number of alkyl halides is 3. The Balaban J connectivity index is 1.45. The number of ether oxygens (including phenoxy) is 1. The molecule has 32 heavy (non-hydrogen) atoms. The molecule has 0 bridgehead atoms. The van der Waals surface area contributed by atoms with Gasteiger partial charge in [0, 0.05) is 16.6 Å². The third-order valence-corrected chi connectivity index (χ3v) is 6.36. The number of rotatable bonds is 5. The molecule has 3 aromatic heterocycles. The number of aryl methyl sites for hydroxylation is 2. The lowest BCUT2D eigenvalue weighted by atomic mass is 10.0. The molecule has 11 heteroatoms. The van der Waals surface area contributed by atoms with Gasteiger partial charge in [-0.3, -0.25) is 0 Å². The minimum Gasteiger partial charge on any atom is -0.405 e. The molecule has 0 amide bonds. The average molecular weight is 461 g/mol. The first-order valence-electron chi connectivity index (χ1n) is 10.00. The maximum atomic E-state index is 12.8. The number of aliphatic hydroxyl groups is 1. The number of thiazole rings is 1. The van der Waals surface area contributed by atoms with E-state index in [1.54, 1.807) is 18.3 Å². The molecule has 1 aliphatic carbocycles. The molecule has 0 aliphatic heterocycles. The van der Waals surface area contributed by atoms with E-state index in [2.05, 4.69) is 25.1 Å². The Morgan fingerprint density at radius 2 is 1.94 bits per heavy atom. The topological polar surface area (TPSA) is 84.6 Å². The van der Waals surface area contributed by atoms with Crippen molar-refractivity contribution >= 4 is 22.7 Å². The molecule has 1 aliphatic rings. The number of halogens is 3. The first-order chi connectivity index (χ1) is 15.4. The van der Waals surface area contributed by atoms with Gasteiger partial charge >= 0.3 is 6.36 Å². The smallest absolute Gasteiger partial charge is 0.405 e. The van der Waals surface area contributed by atoms with Crippen LogP contribution in [-0.4, -0.2) is 31.1 Å². The van der Waals surface area contributed by atoms with Crippen molar-refractivity contribution in [1.29, 1.82) is 0 Å². The van der Waals surface area contributed by atoms with Crippen molar-refractivity contribution in [3.63, 3.8) is 0 Å². The number of aliphatic hydroxyl groups excluding tert-OH is 1. The zero-order valence-corrected chi connectivity index (χ0v) is 17.5. The van der Waals surface area contributed by atoms with Crippen LogP contribution in [0.1, 0.15) is 34.6 Å². The minimum absolute atomic E-state index is 0.188. The van der Waals surface area contributed by atoms with Gasteiger partial charge < -0.3 is 15.2 Å². The Labute approximate surface area is 184 Å². The van der Waals surface area contributed by atoms with Crippen molar-refractivity contribution in [3.05, 3.63) is 58.3 Å². The maximum absolute atomic E-state index is 12.8. The van der Waals surface area contributed by atoms with E-state index in [-0.39, 0.29) is 17.0 Å². The standard InChI is InChI=1S/C21H18F3N5O2S/c22-21(23,24)31-16-7-3-1-5-12(16)13-9-10-29-18(26-13)15(11-25-29)27-19(30)20-28-14-6-2-4-8-17(14)32-20/h1,3,5,7,9-11,19,27,30H,2,4,6,8H2. The van der Waals surface area contributed by atoms with E-state index < -0.39 is 12.6 Å². The Morgan fingerprint density at radius 3 is 2.75 bits per heavy atom. The second-order valence-electron chi connectivity index (χ2n) is 7.36.